The van der Waals surface area contributed by atoms with Gasteiger partial charge in [0.25, 0.3) is 0 Å². The smallest absolute Gasteiger partial charge is 0.433 e. The molecule has 2 aliphatic heterocycles. The number of rotatable bonds is 10. The number of likely N-dealkylation sites (tertiary alicyclic amines) is 1. The fraction of sp³-hybridized carbons (Fsp3) is 0.704. The molecule has 2 aliphatic rings. The minimum Gasteiger partial charge on any atom is -0.451 e. The Bertz CT molecular complexity index is 882. The van der Waals surface area contributed by atoms with Crippen molar-refractivity contribution in [2.75, 3.05) is 53.6 Å². The molecule has 1 aromatic carbocycles. The summed E-state index contributed by atoms with van der Waals surface area (Å²) in [7, 11) is 3.13. The van der Waals surface area contributed by atoms with Gasteiger partial charge < -0.3 is 14.4 Å². The first-order chi connectivity index (χ1) is 17.9. The average molecular weight is 539 g/mol. The number of hydroxylamine groups is 2. The predicted molar refractivity (Wildman–Crippen MR) is 143 cm³/mol. The van der Waals surface area contributed by atoms with Gasteiger partial charge in [-0.2, -0.15) is 5.06 Å². The van der Waals surface area contributed by atoms with Crippen LogP contribution in [0.2, 0.25) is 5.02 Å². The van der Waals surface area contributed by atoms with Crippen LogP contribution in [0.15, 0.2) is 18.2 Å². The van der Waals surface area contributed by atoms with Gasteiger partial charge in [-0.15, -0.1) is 0 Å². The fourth-order valence-corrected chi connectivity index (χ4v) is 5.46. The number of benzene rings is 1. The number of halogens is 1. The molecule has 3 amide bonds. The Labute approximate surface area is 226 Å². The minimum atomic E-state index is -0.555. The van der Waals surface area contributed by atoms with Crippen LogP contribution in [-0.4, -0.2) is 80.6 Å². The number of carbonyl (C=O) groups is 2. The molecule has 2 unspecified atom stereocenters. The number of methoxy groups -OCH3 is 1. The topological polar surface area (TPSA) is 83.6 Å². The lowest BCUT2D eigenvalue weighted by molar-refractivity contribution is -0.193. The first-order valence-corrected chi connectivity index (χ1v) is 13.9. The van der Waals surface area contributed by atoms with E-state index in [1.807, 2.05) is 36.9 Å². The number of hydrazine groups is 1. The molecule has 2 heterocycles. The zero-order chi connectivity index (χ0) is 26.8. The van der Waals surface area contributed by atoms with E-state index in [4.69, 9.17) is 25.9 Å². The average Bonchev–Trinajstić information content (AvgIpc) is 2.93. The molecule has 2 fully saturated rings. The van der Waals surface area contributed by atoms with Crippen molar-refractivity contribution in [3.8, 4) is 0 Å². The number of nitrogens with one attached hydrogen (secondary N) is 1. The van der Waals surface area contributed by atoms with Gasteiger partial charge in [-0.3, -0.25) is 9.85 Å². The summed E-state index contributed by atoms with van der Waals surface area (Å²) < 4.78 is 10.5. The first kappa shape index (κ1) is 29.5. The number of carbonyl (C=O) groups excluding carboxylic acids is 2. The van der Waals surface area contributed by atoms with Crippen LogP contribution < -0.4 is 5.43 Å². The highest BCUT2D eigenvalue weighted by atomic mass is 35.5. The molecule has 37 heavy (non-hydrogen) atoms. The third kappa shape index (κ3) is 8.21. The van der Waals surface area contributed by atoms with E-state index in [9.17, 15) is 9.59 Å². The van der Waals surface area contributed by atoms with Crippen molar-refractivity contribution < 1.29 is 23.9 Å². The Balaban J connectivity index is 1.71. The second-order valence-corrected chi connectivity index (χ2v) is 10.4. The van der Waals surface area contributed by atoms with Crippen molar-refractivity contribution in [3.63, 3.8) is 0 Å². The monoisotopic (exact) mass is 538 g/mol. The van der Waals surface area contributed by atoms with E-state index in [-0.39, 0.29) is 11.9 Å². The zero-order valence-electron chi connectivity index (χ0n) is 22.7. The molecule has 1 N–H and O–H groups in total. The number of amides is 3. The van der Waals surface area contributed by atoms with Crippen molar-refractivity contribution in [2.24, 2.45) is 11.8 Å². The van der Waals surface area contributed by atoms with Crippen molar-refractivity contribution in [3.05, 3.63) is 34.3 Å². The SMILES string of the molecule is CCN(O[C@@H](c1cc(Cl)ccc1C)C1CCCN(C(=O)N(CCCC2CCCOC2)NC)C1)C(=O)OC. The molecule has 0 aromatic heterocycles. The molecule has 0 spiro atoms. The lowest BCUT2D eigenvalue weighted by Crippen LogP contribution is -2.52. The summed E-state index contributed by atoms with van der Waals surface area (Å²) in [5.41, 5.74) is 5.01. The minimum absolute atomic E-state index is 0.0216. The number of aryl methyl sites for hydroxylation is 1. The number of urea groups is 1. The highest BCUT2D eigenvalue weighted by Crippen LogP contribution is 2.36. The van der Waals surface area contributed by atoms with Crippen molar-refractivity contribution in [1.82, 2.24) is 20.4 Å². The summed E-state index contributed by atoms with van der Waals surface area (Å²) in [6.45, 7) is 7.70. The molecule has 1 aromatic rings. The number of hydrogen-bond donors (Lipinski definition) is 1. The van der Waals surface area contributed by atoms with E-state index in [0.717, 1.165) is 56.4 Å². The van der Waals surface area contributed by atoms with Gasteiger partial charge >= 0.3 is 12.1 Å². The molecular formula is C27H43ClN4O5. The van der Waals surface area contributed by atoms with E-state index in [2.05, 4.69) is 5.43 Å². The van der Waals surface area contributed by atoms with E-state index in [1.54, 1.807) is 12.1 Å². The molecule has 0 radical (unpaired) electrons. The van der Waals surface area contributed by atoms with Gasteiger partial charge in [0.15, 0.2) is 0 Å². The summed E-state index contributed by atoms with van der Waals surface area (Å²) >= 11 is 6.36. The Morgan fingerprint density at radius 1 is 1.30 bits per heavy atom. The molecule has 3 atom stereocenters. The van der Waals surface area contributed by atoms with Crippen LogP contribution in [0.3, 0.4) is 0 Å². The molecule has 2 saturated heterocycles. The largest absolute Gasteiger partial charge is 0.451 e. The standard InChI is InChI=1S/C27H43ClN4O5/c1-5-32(27(34)35-4)37-25(24-17-23(28)13-12-20(24)2)22-11-7-14-30(18-22)26(33)31(29-3)15-6-9-21-10-8-16-36-19-21/h12-13,17,21-22,25,29H,5-11,14-16,18-19H2,1-4H3/t21?,22?,25-/m1/s1. The van der Waals surface area contributed by atoms with E-state index in [0.29, 0.717) is 37.1 Å². The highest BCUT2D eigenvalue weighted by Gasteiger charge is 2.35. The van der Waals surface area contributed by atoms with Crippen LogP contribution in [0.25, 0.3) is 0 Å². The zero-order valence-corrected chi connectivity index (χ0v) is 23.5. The Morgan fingerprint density at radius 3 is 2.78 bits per heavy atom. The first-order valence-electron chi connectivity index (χ1n) is 13.5. The molecule has 0 aliphatic carbocycles. The van der Waals surface area contributed by atoms with Crippen LogP contribution in [0, 0.1) is 18.8 Å². The normalized spacial score (nSPS) is 20.8. The summed E-state index contributed by atoms with van der Waals surface area (Å²) in [5.74, 6) is 0.559. The van der Waals surface area contributed by atoms with Gasteiger partial charge in [-0.1, -0.05) is 17.7 Å². The summed E-state index contributed by atoms with van der Waals surface area (Å²) in [5, 5.41) is 3.55. The van der Waals surface area contributed by atoms with Crippen LogP contribution in [0.4, 0.5) is 9.59 Å². The Hall–Kier alpha value is -2.07. The van der Waals surface area contributed by atoms with Gasteiger partial charge in [-0.05, 0) is 81.5 Å². The van der Waals surface area contributed by atoms with Crippen molar-refractivity contribution >= 4 is 23.7 Å². The maximum absolute atomic E-state index is 13.5. The van der Waals surface area contributed by atoms with Crippen molar-refractivity contribution in [2.45, 2.75) is 58.5 Å². The van der Waals surface area contributed by atoms with E-state index in [1.165, 1.54) is 18.6 Å². The lowest BCUT2D eigenvalue weighted by atomic mass is 9.87. The Morgan fingerprint density at radius 2 is 2.11 bits per heavy atom. The van der Waals surface area contributed by atoms with Crippen molar-refractivity contribution in [1.29, 1.82) is 0 Å². The third-order valence-electron chi connectivity index (χ3n) is 7.36. The third-order valence-corrected chi connectivity index (χ3v) is 7.60. The predicted octanol–water partition coefficient (Wildman–Crippen LogP) is 5.18. The second-order valence-electron chi connectivity index (χ2n) is 9.92. The summed E-state index contributed by atoms with van der Waals surface area (Å²) in [4.78, 5) is 34.0. The number of ether oxygens (including phenoxy) is 2. The lowest BCUT2D eigenvalue weighted by Gasteiger charge is -2.40. The Kier molecular flexibility index (Phi) is 11.8. The van der Waals surface area contributed by atoms with Crippen LogP contribution in [0.5, 0.6) is 0 Å². The summed E-state index contributed by atoms with van der Waals surface area (Å²) in [6, 6.07) is 5.65. The maximum atomic E-state index is 13.5. The molecule has 208 valence electrons. The van der Waals surface area contributed by atoms with Gasteiger partial charge in [0, 0.05) is 57.4 Å². The van der Waals surface area contributed by atoms with Crippen LogP contribution in [-0.2, 0) is 14.3 Å². The quantitative estimate of drug-likeness (QED) is 0.413. The van der Waals surface area contributed by atoms with Gasteiger partial charge in [0.1, 0.15) is 6.10 Å². The number of hydrogen-bond acceptors (Lipinski definition) is 6. The molecule has 0 bridgehead atoms. The van der Waals surface area contributed by atoms with Gasteiger partial charge in [-0.25, -0.2) is 15.0 Å². The molecular weight excluding hydrogens is 496 g/mol. The fourth-order valence-electron chi connectivity index (χ4n) is 5.28. The van der Waals surface area contributed by atoms with Gasteiger partial charge in [0.05, 0.1) is 7.11 Å². The van der Waals surface area contributed by atoms with E-state index < -0.39 is 12.2 Å². The molecule has 3 rings (SSSR count). The maximum Gasteiger partial charge on any atom is 0.433 e. The van der Waals surface area contributed by atoms with Crippen LogP contribution in [0.1, 0.15) is 62.7 Å². The van der Waals surface area contributed by atoms with E-state index >= 15 is 0 Å². The summed E-state index contributed by atoms with van der Waals surface area (Å²) in [6.07, 6.45) is 5.00. The molecule has 0 saturated carbocycles. The van der Waals surface area contributed by atoms with Crippen LogP contribution >= 0.6 is 11.6 Å². The highest BCUT2D eigenvalue weighted by molar-refractivity contribution is 6.30. The second kappa shape index (κ2) is 14.8. The number of piperidine rings is 1. The molecule has 10 heteroatoms. The number of nitrogens with zero attached hydrogens (tertiary/aromatic N) is 3. The van der Waals surface area contributed by atoms with Gasteiger partial charge in [0.2, 0.25) is 0 Å². The molecule has 9 nitrogen and oxygen atoms in total.